The van der Waals surface area contributed by atoms with Gasteiger partial charge < -0.3 is 10.5 Å². The van der Waals surface area contributed by atoms with Crippen LogP contribution in [-0.4, -0.2) is 44.2 Å². The third-order valence-corrected chi connectivity index (χ3v) is 10.0. The van der Waals surface area contributed by atoms with Crippen LogP contribution in [0.25, 0.3) is 0 Å². The van der Waals surface area contributed by atoms with E-state index in [-0.39, 0.29) is 34.8 Å². The first-order chi connectivity index (χ1) is 13.0. The molecule has 4 aliphatic rings. The predicted octanol–water partition coefficient (Wildman–Crippen LogP) is 1.07. The molecule has 6 atom stereocenters. The van der Waals surface area contributed by atoms with Gasteiger partial charge in [0.15, 0.2) is 0 Å². The SMILES string of the molecule is CCOC(=O)C1C2CC[C@@](OS(=O)(=O)C[C@]34CCC(CC3=O)C4(C)C)(C2)C1[NH3+]. The Kier molecular flexibility index (Phi) is 4.53. The minimum Gasteiger partial charge on any atom is -0.466 e. The van der Waals surface area contributed by atoms with Crippen molar-refractivity contribution in [2.45, 2.75) is 70.9 Å². The fourth-order valence-electron chi connectivity index (χ4n) is 6.80. The van der Waals surface area contributed by atoms with Crippen molar-refractivity contribution in [3.63, 3.8) is 0 Å². The molecular formula is C20H32NO6S+. The highest BCUT2D eigenvalue weighted by Gasteiger charge is 2.68. The van der Waals surface area contributed by atoms with Crippen LogP contribution in [0.3, 0.4) is 0 Å². The highest BCUT2D eigenvalue weighted by atomic mass is 32.2. The van der Waals surface area contributed by atoms with E-state index in [1.165, 1.54) is 0 Å². The highest BCUT2D eigenvalue weighted by Crippen LogP contribution is 2.64. The molecule has 0 aromatic heterocycles. The Balaban J connectivity index is 1.56. The first-order valence-electron chi connectivity index (χ1n) is 10.4. The van der Waals surface area contributed by atoms with Crippen molar-refractivity contribution in [1.29, 1.82) is 0 Å². The first kappa shape index (κ1) is 20.3. The number of Topliss-reactive ketones (excluding diaryl/α,β-unsaturated/α-hetero) is 1. The topological polar surface area (TPSA) is 114 Å². The van der Waals surface area contributed by atoms with Crippen LogP contribution in [0.1, 0.15) is 59.3 Å². The lowest BCUT2D eigenvalue weighted by Gasteiger charge is -2.38. The summed E-state index contributed by atoms with van der Waals surface area (Å²) in [6.07, 6.45) is 3.80. The molecule has 0 heterocycles. The van der Waals surface area contributed by atoms with Crippen LogP contribution in [0.4, 0.5) is 0 Å². The van der Waals surface area contributed by atoms with E-state index in [1.54, 1.807) is 6.92 Å². The van der Waals surface area contributed by atoms with Gasteiger partial charge in [-0.1, -0.05) is 13.8 Å². The van der Waals surface area contributed by atoms with E-state index in [0.29, 0.717) is 32.3 Å². The average Bonchev–Trinajstić information content (AvgIpc) is 3.22. The van der Waals surface area contributed by atoms with E-state index >= 15 is 0 Å². The normalized spacial score (nSPS) is 43.6. The van der Waals surface area contributed by atoms with Gasteiger partial charge in [-0.25, -0.2) is 0 Å². The lowest BCUT2D eigenvalue weighted by Crippen LogP contribution is -2.74. The monoisotopic (exact) mass is 414 g/mol. The zero-order valence-electron chi connectivity index (χ0n) is 17.0. The van der Waals surface area contributed by atoms with Crippen LogP contribution >= 0.6 is 0 Å². The van der Waals surface area contributed by atoms with E-state index in [9.17, 15) is 18.0 Å². The molecule has 0 aromatic carbocycles. The molecule has 0 aliphatic heterocycles. The van der Waals surface area contributed by atoms with E-state index in [2.05, 4.69) is 5.73 Å². The number of fused-ring (bicyclic) bond motifs is 4. The molecule has 4 saturated carbocycles. The number of ether oxygens (including phenoxy) is 1. The van der Waals surface area contributed by atoms with Gasteiger partial charge in [0.25, 0.3) is 10.1 Å². The summed E-state index contributed by atoms with van der Waals surface area (Å²) in [7, 11) is -3.95. The average molecular weight is 415 g/mol. The number of hydrogen-bond acceptors (Lipinski definition) is 6. The molecule has 4 bridgehead atoms. The molecule has 8 heteroatoms. The minimum atomic E-state index is -3.95. The summed E-state index contributed by atoms with van der Waals surface area (Å²) in [4.78, 5) is 25.1. The Hall–Kier alpha value is -0.990. The Morgan fingerprint density at radius 2 is 1.96 bits per heavy atom. The van der Waals surface area contributed by atoms with Gasteiger partial charge in [-0.2, -0.15) is 8.42 Å². The van der Waals surface area contributed by atoms with E-state index < -0.39 is 33.1 Å². The quantitative estimate of drug-likeness (QED) is 0.514. The van der Waals surface area contributed by atoms with Crippen LogP contribution in [0.5, 0.6) is 0 Å². The standard InChI is InChI=1S/C20H31NO6S/c1-4-26-17(23)15-12-5-8-20(10-12,16(15)21)27-28(24,25)11-19-7-6-13(9-14(19)22)18(19,2)3/h12-13,15-16H,4-11,21H2,1-3H3/p+1/t12?,13?,15?,16?,19-,20-/m1/s1. The van der Waals surface area contributed by atoms with Gasteiger partial charge in [0, 0.05) is 6.42 Å². The van der Waals surface area contributed by atoms with Crippen LogP contribution < -0.4 is 5.73 Å². The second-order valence-electron chi connectivity index (χ2n) is 9.90. The largest absolute Gasteiger partial charge is 0.466 e. The molecule has 4 fully saturated rings. The number of carbonyl (C=O) groups is 2. The van der Waals surface area contributed by atoms with Gasteiger partial charge in [-0.15, -0.1) is 0 Å². The maximum Gasteiger partial charge on any atom is 0.315 e. The summed E-state index contributed by atoms with van der Waals surface area (Å²) in [6, 6.07) is -0.457. The molecule has 3 N–H and O–H groups in total. The van der Waals surface area contributed by atoms with Gasteiger partial charge in [-0.3, -0.25) is 13.8 Å². The van der Waals surface area contributed by atoms with Crippen LogP contribution in [-0.2, 0) is 28.6 Å². The van der Waals surface area contributed by atoms with Crippen LogP contribution in [0, 0.1) is 28.6 Å². The predicted molar refractivity (Wildman–Crippen MR) is 100 cm³/mol. The fourth-order valence-corrected chi connectivity index (χ4v) is 8.92. The summed E-state index contributed by atoms with van der Waals surface area (Å²) in [6.45, 7) is 6.09. The Labute approximate surface area is 166 Å². The summed E-state index contributed by atoms with van der Waals surface area (Å²) in [5.74, 6) is -0.614. The number of ketones is 1. The number of quaternary nitrogens is 1. The van der Waals surface area contributed by atoms with Crippen molar-refractivity contribution < 1.29 is 32.7 Å². The Bertz CT molecular complexity index is 808. The second kappa shape index (κ2) is 6.25. The van der Waals surface area contributed by atoms with Crippen molar-refractivity contribution in [2.24, 2.45) is 28.6 Å². The van der Waals surface area contributed by atoms with E-state index in [1.807, 2.05) is 13.8 Å². The molecule has 0 aromatic rings. The van der Waals surface area contributed by atoms with Gasteiger partial charge in [0.05, 0.1) is 17.8 Å². The van der Waals surface area contributed by atoms with Gasteiger partial charge in [0.2, 0.25) is 0 Å². The number of rotatable bonds is 6. The molecule has 0 saturated heterocycles. The van der Waals surface area contributed by atoms with Crippen molar-refractivity contribution >= 4 is 21.9 Å². The molecule has 0 spiro atoms. The fraction of sp³-hybridized carbons (Fsp3) is 0.900. The lowest BCUT2D eigenvalue weighted by atomic mass is 9.70. The number of carbonyl (C=O) groups excluding carboxylic acids is 2. The van der Waals surface area contributed by atoms with Crippen molar-refractivity contribution in [3.05, 3.63) is 0 Å². The van der Waals surface area contributed by atoms with Crippen molar-refractivity contribution in [2.75, 3.05) is 12.4 Å². The number of hydrogen-bond donors (Lipinski definition) is 1. The second-order valence-corrected chi connectivity index (χ2v) is 11.5. The molecule has 0 radical (unpaired) electrons. The summed E-state index contributed by atoms with van der Waals surface area (Å²) in [5.41, 5.74) is 2.01. The first-order valence-corrected chi connectivity index (χ1v) is 12.0. The minimum absolute atomic E-state index is 0.0512. The maximum absolute atomic E-state index is 13.2. The van der Waals surface area contributed by atoms with Gasteiger partial charge in [-0.05, 0) is 56.3 Å². The number of esters is 1. The molecule has 28 heavy (non-hydrogen) atoms. The zero-order valence-corrected chi connectivity index (χ0v) is 17.8. The zero-order chi connectivity index (χ0) is 20.5. The van der Waals surface area contributed by atoms with Gasteiger partial charge >= 0.3 is 5.97 Å². The van der Waals surface area contributed by atoms with Crippen molar-refractivity contribution in [3.8, 4) is 0 Å². The molecule has 4 unspecified atom stereocenters. The third-order valence-electron chi connectivity index (χ3n) is 8.58. The van der Waals surface area contributed by atoms with E-state index in [0.717, 1.165) is 12.8 Å². The molecule has 158 valence electrons. The molecule has 7 nitrogen and oxygen atoms in total. The smallest absolute Gasteiger partial charge is 0.315 e. The maximum atomic E-state index is 13.2. The van der Waals surface area contributed by atoms with Crippen LogP contribution in [0.2, 0.25) is 0 Å². The third kappa shape index (κ3) is 2.63. The summed E-state index contributed by atoms with van der Waals surface area (Å²) in [5, 5.41) is 0. The molecular weight excluding hydrogens is 382 g/mol. The van der Waals surface area contributed by atoms with Crippen LogP contribution in [0.15, 0.2) is 0 Å². The summed E-state index contributed by atoms with van der Waals surface area (Å²) < 4.78 is 37.4. The Morgan fingerprint density at radius 1 is 1.25 bits per heavy atom. The molecule has 4 aliphatic carbocycles. The Morgan fingerprint density at radius 3 is 2.54 bits per heavy atom. The molecule has 0 amide bonds. The van der Waals surface area contributed by atoms with E-state index in [4.69, 9.17) is 8.92 Å². The highest BCUT2D eigenvalue weighted by molar-refractivity contribution is 7.86. The van der Waals surface area contributed by atoms with Crippen molar-refractivity contribution in [1.82, 2.24) is 0 Å². The lowest BCUT2D eigenvalue weighted by molar-refractivity contribution is -0.456. The summed E-state index contributed by atoms with van der Waals surface area (Å²) >= 11 is 0. The molecule has 4 rings (SSSR count). The van der Waals surface area contributed by atoms with Gasteiger partial charge in [0.1, 0.15) is 23.3 Å².